The van der Waals surface area contributed by atoms with Crippen molar-refractivity contribution in [2.75, 3.05) is 13.6 Å². The molecule has 1 unspecified atom stereocenters. The summed E-state index contributed by atoms with van der Waals surface area (Å²) in [6.07, 6.45) is 1.83. The molecule has 0 aromatic heterocycles. The van der Waals surface area contributed by atoms with Gasteiger partial charge in [-0.2, -0.15) is 0 Å². The fraction of sp³-hybridized carbons (Fsp3) is 0.909. The molecule has 0 aliphatic heterocycles. The van der Waals surface area contributed by atoms with Gasteiger partial charge in [-0.3, -0.25) is 0 Å². The van der Waals surface area contributed by atoms with E-state index in [1.165, 1.54) is 0 Å². The number of aliphatic hydroxyl groups is 1. The Balaban J connectivity index is 4.28. The number of rotatable bonds is 7. The quantitative estimate of drug-likeness (QED) is 0.631. The molecule has 0 saturated heterocycles. The smallest absolute Gasteiger partial charge is 0.120 e. The summed E-state index contributed by atoms with van der Waals surface area (Å²) in [6.45, 7) is 6.97. The van der Waals surface area contributed by atoms with Gasteiger partial charge in [-0.25, -0.2) is 0 Å². The molecule has 84 valence electrons. The van der Waals surface area contributed by atoms with Crippen LogP contribution in [0.3, 0.4) is 0 Å². The van der Waals surface area contributed by atoms with Crippen molar-refractivity contribution in [2.45, 2.75) is 45.8 Å². The molecule has 0 rings (SSSR count). The summed E-state index contributed by atoms with van der Waals surface area (Å²) in [5, 5.41) is 10.0. The van der Waals surface area contributed by atoms with Crippen LogP contribution >= 0.6 is 0 Å². The van der Waals surface area contributed by atoms with Crippen molar-refractivity contribution >= 4 is 6.29 Å². The molecule has 0 aliphatic carbocycles. The van der Waals surface area contributed by atoms with Crippen LogP contribution in [0.2, 0.25) is 0 Å². The average molecular weight is 201 g/mol. The zero-order valence-electron chi connectivity index (χ0n) is 9.73. The van der Waals surface area contributed by atoms with Gasteiger partial charge < -0.3 is 14.8 Å². The summed E-state index contributed by atoms with van der Waals surface area (Å²) in [7, 11) is 2.00. The molecule has 0 radical (unpaired) electrons. The third-order valence-corrected chi connectivity index (χ3v) is 2.93. The van der Waals surface area contributed by atoms with Crippen molar-refractivity contribution in [2.24, 2.45) is 5.92 Å². The van der Waals surface area contributed by atoms with Gasteiger partial charge in [0, 0.05) is 12.5 Å². The van der Waals surface area contributed by atoms with E-state index < -0.39 is 6.10 Å². The molecule has 0 bridgehead atoms. The summed E-state index contributed by atoms with van der Waals surface area (Å²) in [6, 6.07) is 0.162. The zero-order chi connectivity index (χ0) is 11.1. The molecule has 14 heavy (non-hydrogen) atoms. The van der Waals surface area contributed by atoms with Gasteiger partial charge in [-0.1, -0.05) is 20.8 Å². The van der Waals surface area contributed by atoms with Crippen LogP contribution in [-0.4, -0.2) is 42.0 Å². The molecule has 3 heteroatoms. The van der Waals surface area contributed by atoms with Crippen LogP contribution in [0.15, 0.2) is 0 Å². The molecule has 0 aliphatic rings. The Bertz CT molecular complexity index is 161. The van der Waals surface area contributed by atoms with E-state index in [-0.39, 0.29) is 12.0 Å². The molecular weight excluding hydrogens is 178 g/mol. The second kappa shape index (κ2) is 6.96. The first-order valence-corrected chi connectivity index (χ1v) is 5.40. The molecule has 0 saturated carbocycles. The molecule has 3 atom stereocenters. The van der Waals surface area contributed by atoms with Crippen LogP contribution in [0.4, 0.5) is 0 Å². The van der Waals surface area contributed by atoms with Crippen molar-refractivity contribution < 1.29 is 9.90 Å². The van der Waals surface area contributed by atoms with E-state index in [9.17, 15) is 9.90 Å². The average Bonchev–Trinajstić information content (AvgIpc) is 2.18. The number of aliphatic hydroxyl groups excluding tert-OH is 1. The lowest BCUT2D eigenvalue weighted by Gasteiger charge is -2.33. The molecule has 3 nitrogen and oxygen atoms in total. The summed E-state index contributed by atoms with van der Waals surface area (Å²) in [5.41, 5.74) is 0. The zero-order valence-corrected chi connectivity index (χ0v) is 9.73. The van der Waals surface area contributed by atoms with Gasteiger partial charge in [-0.05, 0) is 25.9 Å². The monoisotopic (exact) mass is 201 g/mol. The lowest BCUT2D eigenvalue weighted by atomic mass is 9.93. The number of likely N-dealkylation sites (N-methyl/N-ethyl adjacent to an activating group) is 1. The van der Waals surface area contributed by atoms with Crippen LogP contribution in [0.5, 0.6) is 0 Å². The van der Waals surface area contributed by atoms with Crippen molar-refractivity contribution in [3.63, 3.8) is 0 Å². The molecule has 0 aromatic rings. The second-order valence-corrected chi connectivity index (χ2v) is 3.92. The third-order valence-electron chi connectivity index (χ3n) is 2.93. The predicted molar refractivity (Wildman–Crippen MR) is 58.2 cm³/mol. The molecule has 1 N–H and O–H groups in total. The van der Waals surface area contributed by atoms with E-state index >= 15 is 0 Å². The minimum atomic E-state index is -0.407. The van der Waals surface area contributed by atoms with Crippen molar-refractivity contribution in [3.05, 3.63) is 0 Å². The molecule has 0 fully saturated rings. The Labute approximate surface area is 87.1 Å². The second-order valence-electron chi connectivity index (χ2n) is 3.92. The third kappa shape index (κ3) is 3.76. The molecular formula is C11H23NO2. The topological polar surface area (TPSA) is 40.5 Å². The standard InChI is InChI=1S/C11H23NO2/c1-5-10(12(4)6-2)11(14)9(3)7-8-13/h8-11,14H,5-7H2,1-4H3/t9-,10?,11-/m1/s1. The Morgan fingerprint density at radius 1 is 1.43 bits per heavy atom. The fourth-order valence-electron chi connectivity index (χ4n) is 1.72. The van der Waals surface area contributed by atoms with Crippen LogP contribution in [0, 0.1) is 5.92 Å². The highest BCUT2D eigenvalue weighted by molar-refractivity contribution is 5.49. The van der Waals surface area contributed by atoms with E-state index in [0.717, 1.165) is 19.3 Å². The lowest BCUT2D eigenvalue weighted by Crippen LogP contribution is -2.43. The Kier molecular flexibility index (Phi) is 6.75. The van der Waals surface area contributed by atoms with Crippen molar-refractivity contribution in [1.82, 2.24) is 4.90 Å². The summed E-state index contributed by atoms with van der Waals surface area (Å²) in [5.74, 6) is 0.0476. The first-order valence-electron chi connectivity index (χ1n) is 5.40. The first kappa shape index (κ1) is 13.6. The number of hydrogen-bond acceptors (Lipinski definition) is 3. The van der Waals surface area contributed by atoms with Crippen molar-refractivity contribution in [1.29, 1.82) is 0 Å². The highest BCUT2D eigenvalue weighted by Crippen LogP contribution is 2.16. The van der Waals surface area contributed by atoms with Crippen LogP contribution in [0.1, 0.15) is 33.6 Å². The SMILES string of the molecule is CCC([C@H](O)[C@H](C)CC=O)N(C)CC. The van der Waals surface area contributed by atoms with E-state index in [0.29, 0.717) is 6.42 Å². The van der Waals surface area contributed by atoms with Gasteiger partial charge in [-0.15, -0.1) is 0 Å². The molecule has 0 spiro atoms. The van der Waals surface area contributed by atoms with Gasteiger partial charge in [0.05, 0.1) is 6.10 Å². The van der Waals surface area contributed by atoms with Gasteiger partial charge in [0.2, 0.25) is 0 Å². The van der Waals surface area contributed by atoms with E-state index in [1.807, 2.05) is 14.0 Å². The Hall–Kier alpha value is -0.410. The number of nitrogens with zero attached hydrogens (tertiary/aromatic N) is 1. The van der Waals surface area contributed by atoms with E-state index in [2.05, 4.69) is 18.7 Å². The summed E-state index contributed by atoms with van der Waals surface area (Å²) in [4.78, 5) is 12.5. The summed E-state index contributed by atoms with van der Waals surface area (Å²) >= 11 is 0. The first-order chi connectivity index (χ1) is 6.58. The normalized spacial score (nSPS) is 17.9. The molecule has 0 aromatic carbocycles. The van der Waals surface area contributed by atoms with Crippen LogP contribution in [0.25, 0.3) is 0 Å². The van der Waals surface area contributed by atoms with Crippen molar-refractivity contribution in [3.8, 4) is 0 Å². The van der Waals surface area contributed by atoms with E-state index in [1.54, 1.807) is 0 Å². The lowest BCUT2D eigenvalue weighted by molar-refractivity contribution is -0.109. The maximum atomic E-state index is 10.3. The van der Waals surface area contributed by atoms with E-state index in [4.69, 9.17) is 0 Å². The van der Waals surface area contributed by atoms with Crippen LogP contribution in [-0.2, 0) is 4.79 Å². The maximum Gasteiger partial charge on any atom is 0.120 e. The Morgan fingerprint density at radius 2 is 2.00 bits per heavy atom. The minimum absolute atomic E-state index is 0.0476. The number of carbonyl (C=O) groups excluding carboxylic acids is 1. The number of aldehydes is 1. The largest absolute Gasteiger partial charge is 0.391 e. The predicted octanol–water partition coefficient (Wildman–Crippen LogP) is 1.30. The maximum absolute atomic E-state index is 10.3. The fourth-order valence-corrected chi connectivity index (χ4v) is 1.72. The minimum Gasteiger partial charge on any atom is -0.391 e. The molecule has 0 amide bonds. The highest BCUT2D eigenvalue weighted by Gasteiger charge is 2.25. The number of hydrogen-bond donors (Lipinski definition) is 1. The number of carbonyl (C=O) groups is 1. The van der Waals surface area contributed by atoms with Gasteiger partial charge in [0.1, 0.15) is 6.29 Å². The highest BCUT2D eigenvalue weighted by atomic mass is 16.3. The Morgan fingerprint density at radius 3 is 2.36 bits per heavy atom. The summed E-state index contributed by atoms with van der Waals surface area (Å²) < 4.78 is 0. The van der Waals surface area contributed by atoms with Gasteiger partial charge >= 0.3 is 0 Å². The van der Waals surface area contributed by atoms with Gasteiger partial charge in [0.25, 0.3) is 0 Å². The van der Waals surface area contributed by atoms with Crippen LogP contribution < -0.4 is 0 Å². The van der Waals surface area contributed by atoms with Gasteiger partial charge in [0.15, 0.2) is 0 Å². The molecule has 0 heterocycles.